The molecule has 190 valence electrons. The first-order chi connectivity index (χ1) is 15.2. The molecule has 0 rings (SSSR count). The third kappa shape index (κ3) is 23.8. The molecule has 0 radical (unpaired) electrons. The van der Waals surface area contributed by atoms with E-state index in [1.54, 1.807) is 5.48 Å². The summed E-state index contributed by atoms with van der Waals surface area (Å²) in [5.41, 5.74) is 1.79. The summed E-state index contributed by atoms with van der Waals surface area (Å²) in [6, 6.07) is 0. The molecule has 3 N–H and O–H groups in total. The van der Waals surface area contributed by atoms with Gasteiger partial charge in [-0.1, -0.05) is 70.4 Å². The molecular formula is C22H41NNa2O8S. The van der Waals surface area contributed by atoms with Gasteiger partial charge in [-0.3, -0.25) is 14.1 Å². The second kappa shape index (κ2) is 24.7. The number of rotatable bonds is 19. The monoisotopic (exact) mass is 525 g/mol. The number of carboxylic acid groups (broad SMARTS) is 1. The molecule has 1 atom stereocenters. The maximum atomic E-state index is 11.7. The van der Waals surface area contributed by atoms with Crippen LogP contribution in [0.1, 0.15) is 103 Å². The Hall–Kier alpha value is 0.0600. The van der Waals surface area contributed by atoms with Gasteiger partial charge in [0.15, 0.2) is 5.25 Å². The van der Waals surface area contributed by atoms with Crippen LogP contribution in [0.5, 0.6) is 0 Å². The number of hydrogen-bond acceptors (Lipinski definition) is 6. The van der Waals surface area contributed by atoms with Crippen molar-refractivity contribution in [1.29, 1.82) is 0 Å². The third-order valence-corrected chi connectivity index (χ3v) is 5.99. The third-order valence-electron chi connectivity index (χ3n) is 4.91. The molecule has 0 heterocycles. The van der Waals surface area contributed by atoms with E-state index in [2.05, 4.69) is 23.9 Å². The number of carboxylic acids is 1. The average molecular weight is 526 g/mol. The number of carbonyl (C=O) groups is 3. The second-order valence-electron chi connectivity index (χ2n) is 7.88. The van der Waals surface area contributed by atoms with Crippen molar-refractivity contribution in [1.82, 2.24) is 5.48 Å². The van der Waals surface area contributed by atoms with E-state index in [0.29, 0.717) is 6.42 Å². The molecule has 0 saturated carbocycles. The Morgan fingerprint density at radius 2 is 1.32 bits per heavy atom. The molecule has 0 aliphatic carbocycles. The average Bonchev–Trinajstić information content (AvgIpc) is 2.72. The fourth-order valence-electron chi connectivity index (χ4n) is 3.05. The number of hydroxylamine groups is 1. The van der Waals surface area contributed by atoms with Crippen molar-refractivity contribution in [3.63, 3.8) is 0 Å². The Bertz CT molecular complexity index is 686. The number of aliphatic carboxylic acids is 1. The molecule has 0 saturated heterocycles. The van der Waals surface area contributed by atoms with Gasteiger partial charge in [0.25, 0.3) is 16.0 Å². The van der Waals surface area contributed by atoms with Crippen molar-refractivity contribution in [3.05, 3.63) is 12.2 Å². The summed E-state index contributed by atoms with van der Waals surface area (Å²) in [7, 11) is -4.96. The number of carbonyl (C=O) groups excluding carboxylic acids is 2. The van der Waals surface area contributed by atoms with Crippen LogP contribution in [0.3, 0.4) is 0 Å². The predicted molar refractivity (Wildman–Crippen MR) is 136 cm³/mol. The van der Waals surface area contributed by atoms with Crippen LogP contribution in [0.25, 0.3) is 0 Å². The summed E-state index contributed by atoms with van der Waals surface area (Å²) in [6.45, 7) is 2.22. The van der Waals surface area contributed by atoms with Gasteiger partial charge in [0.2, 0.25) is 0 Å². The number of unbranched alkanes of at least 4 members (excludes halogenated alkanes) is 11. The molecule has 0 fully saturated rings. The first kappa shape index (κ1) is 38.6. The molecule has 34 heavy (non-hydrogen) atoms. The zero-order chi connectivity index (χ0) is 24.2. The van der Waals surface area contributed by atoms with E-state index in [-0.39, 0.29) is 65.5 Å². The fraction of sp³-hybridized carbons (Fsp3) is 0.773. The van der Waals surface area contributed by atoms with Gasteiger partial charge in [-0.05, 0) is 32.1 Å². The van der Waals surface area contributed by atoms with E-state index >= 15 is 0 Å². The quantitative estimate of drug-likeness (QED) is 0.0767. The molecule has 0 aliphatic heterocycles. The van der Waals surface area contributed by atoms with Gasteiger partial charge in [-0.2, -0.15) is 13.9 Å². The van der Waals surface area contributed by atoms with Crippen LogP contribution < -0.4 is 5.48 Å². The van der Waals surface area contributed by atoms with Crippen molar-refractivity contribution < 1.29 is 37.3 Å². The molecule has 0 aromatic rings. The van der Waals surface area contributed by atoms with E-state index in [0.717, 1.165) is 38.5 Å². The Morgan fingerprint density at radius 1 is 0.853 bits per heavy atom. The number of allylic oxidation sites excluding steroid dienone is 2. The zero-order valence-electron chi connectivity index (χ0n) is 19.1. The number of nitrogens with one attached hydrogen (secondary N) is 1. The normalized spacial score (nSPS) is 11.8. The van der Waals surface area contributed by atoms with Gasteiger partial charge < -0.3 is 9.94 Å². The molecule has 0 spiro atoms. The van der Waals surface area contributed by atoms with Crippen LogP contribution >= 0.6 is 0 Å². The van der Waals surface area contributed by atoms with Gasteiger partial charge in [0, 0.05) is 6.42 Å². The number of amides is 1. The summed E-state index contributed by atoms with van der Waals surface area (Å²) >= 11 is 0. The van der Waals surface area contributed by atoms with Crippen LogP contribution in [0.2, 0.25) is 0 Å². The van der Waals surface area contributed by atoms with Gasteiger partial charge >= 0.3 is 71.1 Å². The Morgan fingerprint density at radius 3 is 1.79 bits per heavy atom. The summed E-state index contributed by atoms with van der Waals surface area (Å²) in [4.78, 5) is 38.2. The summed E-state index contributed by atoms with van der Waals surface area (Å²) in [5.74, 6) is -3.78. The Labute approximate surface area is 248 Å². The second-order valence-corrected chi connectivity index (χ2v) is 9.48. The van der Waals surface area contributed by atoms with Gasteiger partial charge in [-0.25, -0.2) is 4.79 Å². The maximum absolute atomic E-state index is 11.7. The van der Waals surface area contributed by atoms with Crippen molar-refractivity contribution in [3.8, 4) is 0 Å². The fourth-order valence-corrected chi connectivity index (χ4v) is 3.69. The van der Waals surface area contributed by atoms with Crippen LogP contribution in [-0.4, -0.2) is 100 Å². The molecule has 0 aromatic carbocycles. The SMILES string of the molecule is CCCCCCCCC=CCCCCCCCC(=O)NOC(=O)C(CC(=O)O)S(=O)(=O)O.[NaH].[NaH]. The molecule has 0 bridgehead atoms. The van der Waals surface area contributed by atoms with Gasteiger partial charge in [0.05, 0.1) is 6.42 Å². The minimum atomic E-state index is -4.96. The zero-order valence-corrected chi connectivity index (χ0v) is 19.9. The van der Waals surface area contributed by atoms with Crippen molar-refractivity contribution in [2.75, 3.05) is 0 Å². The molecule has 12 heteroatoms. The standard InChI is InChI=1S/C22H39NO8S.2Na.2H/c1-2-3-4-5-6-7-8-9-10-11-12-13-14-15-16-17-20(24)23-31-22(27)19(18-21(25)26)32(28,29)30;;;;/h9-10,19H,2-8,11-18H2,1H3,(H,23,24)(H,25,26)(H,28,29,30);;;;. The first-order valence-electron chi connectivity index (χ1n) is 11.5. The van der Waals surface area contributed by atoms with E-state index in [9.17, 15) is 22.8 Å². The van der Waals surface area contributed by atoms with Crippen molar-refractivity contribution in [2.45, 2.75) is 108 Å². The van der Waals surface area contributed by atoms with E-state index in [1.165, 1.54) is 38.5 Å². The molecule has 1 amide bonds. The molecular weight excluding hydrogens is 484 g/mol. The Kier molecular flexibility index (Phi) is 28.1. The van der Waals surface area contributed by atoms with Crippen molar-refractivity contribution in [2.24, 2.45) is 0 Å². The summed E-state index contributed by atoms with van der Waals surface area (Å²) in [5, 5.41) is 6.31. The van der Waals surface area contributed by atoms with Crippen LogP contribution in [0.4, 0.5) is 0 Å². The topological polar surface area (TPSA) is 147 Å². The molecule has 0 aromatic heterocycles. The summed E-state index contributed by atoms with van der Waals surface area (Å²) in [6.07, 6.45) is 18.0. The first-order valence-corrected chi connectivity index (χ1v) is 13.0. The predicted octanol–water partition coefficient (Wildman–Crippen LogP) is 3.03. The van der Waals surface area contributed by atoms with Crippen molar-refractivity contribution >= 4 is 87.1 Å². The van der Waals surface area contributed by atoms with Gasteiger partial charge in [0.1, 0.15) is 0 Å². The van der Waals surface area contributed by atoms with E-state index in [1.807, 2.05) is 0 Å². The van der Waals surface area contributed by atoms with Crippen LogP contribution in [-0.2, 0) is 29.3 Å². The number of hydrogen-bond donors (Lipinski definition) is 3. The molecule has 1 unspecified atom stereocenters. The molecule has 0 aliphatic rings. The van der Waals surface area contributed by atoms with Crippen LogP contribution in [0.15, 0.2) is 12.2 Å². The molecule has 9 nitrogen and oxygen atoms in total. The van der Waals surface area contributed by atoms with E-state index < -0.39 is 39.6 Å². The minimum absolute atomic E-state index is 0. The summed E-state index contributed by atoms with van der Waals surface area (Å²) < 4.78 is 31.0. The Balaban J connectivity index is -0.00000480. The van der Waals surface area contributed by atoms with Gasteiger partial charge in [-0.15, -0.1) is 0 Å². The van der Waals surface area contributed by atoms with E-state index in [4.69, 9.17) is 9.66 Å². The van der Waals surface area contributed by atoms with Crippen LogP contribution in [0, 0.1) is 0 Å².